The first-order valence-corrected chi connectivity index (χ1v) is 18.2. The number of nitrogens with zero attached hydrogens (tertiary/aromatic N) is 4. The van der Waals surface area contributed by atoms with Gasteiger partial charge in [-0.25, -0.2) is 0 Å². The molecule has 52 heavy (non-hydrogen) atoms. The Labute approximate surface area is 304 Å². The van der Waals surface area contributed by atoms with Crippen LogP contribution >= 0.6 is 0 Å². The van der Waals surface area contributed by atoms with Crippen LogP contribution in [0.15, 0.2) is 146 Å². The molecule has 0 saturated carbocycles. The van der Waals surface area contributed by atoms with Crippen LogP contribution in [-0.2, 0) is 0 Å². The Morgan fingerprint density at radius 1 is 0.385 bits per heavy atom. The summed E-state index contributed by atoms with van der Waals surface area (Å²) in [6.45, 7) is 0.167. The van der Waals surface area contributed by atoms with Gasteiger partial charge in [0, 0.05) is 83.5 Å². The fourth-order valence-corrected chi connectivity index (χ4v) is 9.49. The second-order valence-electron chi connectivity index (χ2n) is 15.0. The SMILES string of the molecule is CN(C)c1ccc2c(c1)c1cccc3c1n2-c1cc2c(cc1B3c1ccccc1)-n1c3ccc(N(C)C)cc3c3cccc(c31)B2c1ccccc1. The lowest BCUT2D eigenvalue weighted by atomic mass is 9.33. The molecule has 0 unspecified atom stereocenters. The van der Waals surface area contributed by atoms with Gasteiger partial charge in [0.15, 0.2) is 0 Å². The zero-order valence-electron chi connectivity index (χ0n) is 29.8. The molecule has 2 aliphatic rings. The number of benzene rings is 7. The molecule has 6 heteroatoms. The van der Waals surface area contributed by atoms with Crippen LogP contribution in [0.1, 0.15) is 0 Å². The molecule has 246 valence electrons. The van der Waals surface area contributed by atoms with Crippen molar-refractivity contribution in [1.29, 1.82) is 0 Å². The third kappa shape index (κ3) is 3.90. The van der Waals surface area contributed by atoms with Crippen LogP contribution in [0.25, 0.3) is 55.0 Å². The fraction of sp³-hybridized carbons (Fsp3) is 0.0870. The van der Waals surface area contributed by atoms with Crippen molar-refractivity contribution in [3.8, 4) is 11.4 Å². The van der Waals surface area contributed by atoms with Crippen LogP contribution in [0.5, 0.6) is 0 Å². The minimum Gasteiger partial charge on any atom is -0.378 e. The van der Waals surface area contributed by atoms with Crippen LogP contribution < -0.4 is 42.6 Å². The Morgan fingerprint density at radius 2 is 0.808 bits per heavy atom. The van der Waals surface area contributed by atoms with Gasteiger partial charge in [-0.05, 0) is 70.4 Å². The van der Waals surface area contributed by atoms with E-state index in [-0.39, 0.29) is 13.4 Å². The Balaban J connectivity index is 1.31. The largest absolute Gasteiger partial charge is 0.378 e. The Morgan fingerprint density at radius 3 is 1.21 bits per heavy atom. The highest BCUT2D eigenvalue weighted by Gasteiger charge is 2.39. The molecule has 0 amide bonds. The van der Waals surface area contributed by atoms with Gasteiger partial charge in [-0.15, -0.1) is 0 Å². The van der Waals surface area contributed by atoms with E-state index in [2.05, 4.69) is 193 Å². The van der Waals surface area contributed by atoms with Gasteiger partial charge in [-0.3, -0.25) is 0 Å². The number of anilines is 2. The minimum absolute atomic E-state index is 0.0836. The number of hydrogen-bond acceptors (Lipinski definition) is 2. The molecule has 0 atom stereocenters. The summed E-state index contributed by atoms with van der Waals surface area (Å²) in [5.74, 6) is 0. The van der Waals surface area contributed by atoms with E-state index in [0.717, 1.165) is 0 Å². The van der Waals surface area contributed by atoms with Crippen molar-refractivity contribution in [2.24, 2.45) is 0 Å². The van der Waals surface area contributed by atoms with Gasteiger partial charge in [0.2, 0.25) is 13.4 Å². The van der Waals surface area contributed by atoms with Gasteiger partial charge < -0.3 is 18.9 Å². The highest BCUT2D eigenvalue weighted by molar-refractivity contribution is 7.00. The van der Waals surface area contributed by atoms with Crippen molar-refractivity contribution >= 4 is 101 Å². The second kappa shape index (κ2) is 10.7. The van der Waals surface area contributed by atoms with Crippen molar-refractivity contribution in [2.75, 3.05) is 38.0 Å². The molecule has 4 nitrogen and oxygen atoms in total. The smallest absolute Gasteiger partial charge is 0.246 e. The average Bonchev–Trinajstić information content (AvgIpc) is 3.69. The van der Waals surface area contributed by atoms with Gasteiger partial charge in [0.25, 0.3) is 0 Å². The molecule has 0 fully saturated rings. The summed E-state index contributed by atoms with van der Waals surface area (Å²) in [5, 5.41) is 5.20. The third-order valence-electron chi connectivity index (χ3n) is 11.8. The highest BCUT2D eigenvalue weighted by Crippen LogP contribution is 2.38. The predicted molar refractivity (Wildman–Crippen MR) is 226 cm³/mol. The lowest BCUT2D eigenvalue weighted by molar-refractivity contribution is 1.13. The molecule has 2 aliphatic heterocycles. The van der Waals surface area contributed by atoms with Crippen molar-refractivity contribution in [2.45, 2.75) is 0 Å². The summed E-state index contributed by atoms with van der Waals surface area (Å²) in [6.07, 6.45) is 0. The summed E-state index contributed by atoms with van der Waals surface area (Å²) >= 11 is 0. The molecule has 0 radical (unpaired) electrons. The van der Waals surface area contributed by atoms with Crippen molar-refractivity contribution in [1.82, 2.24) is 9.13 Å². The summed E-state index contributed by atoms with van der Waals surface area (Å²) < 4.78 is 5.15. The average molecular weight is 666 g/mol. The van der Waals surface area contributed by atoms with E-state index in [0.29, 0.717) is 0 Å². The molecule has 11 rings (SSSR count). The summed E-state index contributed by atoms with van der Waals surface area (Å²) in [7, 11) is 8.51. The van der Waals surface area contributed by atoms with Gasteiger partial charge in [-0.2, -0.15) is 0 Å². The molecule has 9 aromatic rings. The number of fused-ring (bicyclic) bond motifs is 10. The van der Waals surface area contributed by atoms with Crippen molar-refractivity contribution < 1.29 is 0 Å². The maximum Gasteiger partial charge on any atom is 0.246 e. The molecule has 4 heterocycles. The minimum atomic E-state index is 0.0836. The van der Waals surface area contributed by atoms with Crippen molar-refractivity contribution in [3.05, 3.63) is 146 Å². The van der Waals surface area contributed by atoms with Gasteiger partial charge in [-0.1, -0.05) is 108 Å². The topological polar surface area (TPSA) is 16.3 Å². The second-order valence-corrected chi connectivity index (χ2v) is 15.0. The Bertz CT molecular complexity index is 2720. The fourth-order valence-electron chi connectivity index (χ4n) is 9.49. The van der Waals surface area contributed by atoms with Crippen LogP contribution in [0.3, 0.4) is 0 Å². The Kier molecular flexibility index (Phi) is 6.08. The van der Waals surface area contributed by atoms with Gasteiger partial charge in [0.05, 0.1) is 11.0 Å². The molecule has 7 aromatic carbocycles. The lowest BCUT2D eigenvalue weighted by Crippen LogP contribution is -2.59. The molecule has 0 saturated heterocycles. The summed E-state index contributed by atoms with van der Waals surface area (Å²) in [4.78, 5) is 4.41. The van der Waals surface area contributed by atoms with Gasteiger partial charge in [0.1, 0.15) is 0 Å². The maximum atomic E-state index is 2.57. The van der Waals surface area contributed by atoms with E-state index in [9.17, 15) is 0 Å². The normalized spacial score (nSPS) is 12.9. The van der Waals surface area contributed by atoms with E-state index >= 15 is 0 Å². The summed E-state index contributed by atoms with van der Waals surface area (Å²) in [5.41, 5.74) is 18.1. The zero-order chi connectivity index (χ0) is 34.8. The monoisotopic (exact) mass is 666 g/mol. The number of rotatable bonds is 4. The molecular formula is C46H36B2N4. The van der Waals surface area contributed by atoms with Crippen molar-refractivity contribution in [3.63, 3.8) is 0 Å². The van der Waals surface area contributed by atoms with Crippen LogP contribution in [0.2, 0.25) is 0 Å². The Hall–Kier alpha value is -6.13. The first kappa shape index (κ1) is 29.6. The predicted octanol–water partition coefficient (Wildman–Crippen LogP) is 5.67. The third-order valence-corrected chi connectivity index (χ3v) is 11.8. The van der Waals surface area contributed by atoms with Crippen LogP contribution in [-0.4, -0.2) is 50.8 Å². The van der Waals surface area contributed by atoms with E-state index < -0.39 is 0 Å². The van der Waals surface area contributed by atoms with Gasteiger partial charge >= 0.3 is 0 Å². The molecule has 0 aliphatic carbocycles. The molecule has 0 bridgehead atoms. The first-order chi connectivity index (χ1) is 25.5. The van der Waals surface area contributed by atoms with Crippen LogP contribution in [0.4, 0.5) is 11.4 Å². The number of aromatic nitrogens is 2. The van der Waals surface area contributed by atoms with Crippen LogP contribution in [0, 0.1) is 0 Å². The zero-order valence-corrected chi connectivity index (χ0v) is 29.8. The molecular weight excluding hydrogens is 630 g/mol. The van der Waals surface area contributed by atoms with E-state index in [1.807, 2.05) is 0 Å². The molecule has 0 spiro atoms. The summed E-state index contributed by atoms with van der Waals surface area (Å²) in [6, 6.07) is 55.1. The highest BCUT2D eigenvalue weighted by atomic mass is 15.1. The van der Waals surface area contributed by atoms with E-state index in [4.69, 9.17) is 0 Å². The van der Waals surface area contributed by atoms with E-state index in [1.165, 1.54) is 99.1 Å². The molecule has 0 N–H and O–H groups in total. The molecule has 2 aromatic heterocycles. The first-order valence-electron chi connectivity index (χ1n) is 18.2. The maximum absolute atomic E-state index is 2.57. The standard InChI is InChI=1S/C46H36B2N4/c1-49(2)31-21-23-41-35(25-31)33-17-11-19-37-45(33)51(41)43-27-40-44(28-39(43)47(37)29-13-7-5-8-14-29)52-42-24-22-32(50(3)4)26-36(42)34-18-12-20-38(46(34)52)48(40)30-15-9-6-10-16-30/h5-28H,1-4H3. The number of para-hydroxylation sites is 2. The quantitative estimate of drug-likeness (QED) is 0.225. The lowest BCUT2D eigenvalue weighted by Gasteiger charge is -2.33. The van der Waals surface area contributed by atoms with E-state index in [1.54, 1.807) is 0 Å². The number of hydrogen-bond donors (Lipinski definition) is 0.